The van der Waals surface area contributed by atoms with Gasteiger partial charge in [0.15, 0.2) is 0 Å². The van der Waals surface area contributed by atoms with Crippen LogP contribution in [0, 0.1) is 17.1 Å². The molecule has 0 bridgehead atoms. The molecule has 3 aromatic rings. The van der Waals surface area contributed by atoms with Gasteiger partial charge in [0.05, 0.1) is 45.8 Å². The van der Waals surface area contributed by atoms with Crippen molar-refractivity contribution in [1.82, 2.24) is 4.98 Å². The van der Waals surface area contributed by atoms with Gasteiger partial charge in [-0.15, -0.1) is 0 Å². The van der Waals surface area contributed by atoms with E-state index in [4.69, 9.17) is 22.1 Å². The number of benzene rings is 2. The van der Waals surface area contributed by atoms with Gasteiger partial charge in [-0.3, -0.25) is 4.98 Å². The summed E-state index contributed by atoms with van der Waals surface area (Å²) in [5.41, 5.74) is 6.14. The molecule has 0 aliphatic rings. The first-order chi connectivity index (χ1) is 12.5. The first-order valence-corrected chi connectivity index (χ1v) is 8.10. The molecule has 2 N–H and O–H groups in total. The van der Waals surface area contributed by atoms with Crippen LogP contribution >= 0.6 is 11.6 Å². The maximum absolute atomic E-state index is 14.9. The molecule has 0 radical (unpaired) electrons. The Bertz CT molecular complexity index is 1070. The second-order valence-corrected chi connectivity index (χ2v) is 5.78. The molecule has 0 unspecified atom stereocenters. The number of nitrogen functional groups attached to an aromatic ring is 1. The molecule has 130 valence electrons. The Morgan fingerprint density at radius 1 is 1.42 bits per heavy atom. The molecule has 0 saturated carbocycles. The Kier molecular flexibility index (Phi) is 4.74. The van der Waals surface area contributed by atoms with E-state index in [-0.39, 0.29) is 34.1 Å². The zero-order valence-electron chi connectivity index (χ0n) is 13.7. The number of carbonyl (C=O) groups excluding carboxylic acids is 1. The van der Waals surface area contributed by atoms with Gasteiger partial charge in [-0.2, -0.15) is 5.26 Å². The summed E-state index contributed by atoms with van der Waals surface area (Å²) in [6.45, 7) is 1.75. The molecule has 0 amide bonds. The van der Waals surface area contributed by atoms with Gasteiger partial charge < -0.3 is 10.5 Å². The molecule has 0 spiro atoms. The molecule has 7 heteroatoms. The predicted molar refractivity (Wildman–Crippen MR) is 97.2 cm³/mol. The number of rotatable bonds is 3. The predicted octanol–water partition coefficient (Wildman–Crippen LogP) is 4.32. The number of nitriles is 1. The molecule has 0 aliphatic carbocycles. The maximum atomic E-state index is 14.9. The molecule has 26 heavy (non-hydrogen) atoms. The van der Waals surface area contributed by atoms with E-state index in [2.05, 4.69) is 11.1 Å². The number of nitrogens with two attached hydrogens (primary N) is 1. The summed E-state index contributed by atoms with van der Waals surface area (Å²) in [4.78, 5) is 16.2. The fraction of sp³-hybridized carbons (Fsp3) is 0.105. The van der Waals surface area contributed by atoms with E-state index in [1.54, 1.807) is 31.2 Å². The summed E-state index contributed by atoms with van der Waals surface area (Å²) >= 11 is 6.28. The zero-order valence-corrected chi connectivity index (χ0v) is 14.5. The van der Waals surface area contributed by atoms with Crippen LogP contribution in [0.15, 0.2) is 36.5 Å². The highest BCUT2D eigenvalue weighted by molar-refractivity contribution is 6.37. The Balaban J connectivity index is 2.33. The highest BCUT2D eigenvalue weighted by Gasteiger charge is 2.23. The highest BCUT2D eigenvalue weighted by atomic mass is 35.5. The number of fused-ring (bicyclic) bond motifs is 1. The van der Waals surface area contributed by atoms with Gasteiger partial charge in [0.1, 0.15) is 5.82 Å². The number of hydrogen-bond acceptors (Lipinski definition) is 5. The third-order valence-corrected chi connectivity index (χ3v) is 4.29. The second kappa shape index (κ2) is 6.98. The quantitative estimate of drug-likeness (QED) is 0.548. The summed E-state index contributed by atoms with van der Waals surface area (Å²) in [5.74, 6) is -1.54. The highest BCUT2D eigenvalue weighted by Crippen LogP contribution is 2.39. The van der Waals surface area contributed by atoms with E-state index < -0.39 is 11.8 Å². The number of esters is 1. The average molecular weight is 370 g/mol. The van der Waals surface area contributed by atoms with E-state index in [9.17, 15) is 14.4 Å². The molecule has 1 aromatic heterocycles. The first-order valence-electron chi connectivity index (χ1n) is 7.72. The third kappa shape index (κ3) is 2.83. The van der Waals surface area contributed by atoms with Crippen LogP contribution in [-0.4, -0.2) is 17.6 Å². The standard InChI is InChI=1S/C19H13ClFN3O2/c1-2-26-19(25)12-8-13(21)15(16(20)17(12)23)18-14-10(6-7-24-18)4-3-5-11(14)9-22/h3-8H,2,23H2,1H3. The minimum absolute atomic E-state index is 0.0643. The number of ether oxygens (including phenoxy) is 1. The number of anilines is 1. The van der Waals surface area contributed by atoms with E-state index >= 15 is 0 Å². The van der Waals surface area contributed by atoms with Gasteiger partial charge in [0.2, 0.25) is 0 Å². The number of carbonyl (C=O) groups is 1. The first kappa shape index (κ1) is 17.6. The molecule has 0 atom stereocenters. The largest absolute Gasteiger partial charge is 0.462 e. The van der Waals surface area contributed by atoms with E-state index in [0.717, 1.165) is 6.07 Å². The molecule has 5 nitrogen and oxygen atoms in total. The maximum Gasteiger partial charge on any atom is 0.340 e. The van der Waals surface area contributed by atoms with Crippen LogP contribution in [0.3, 0.4) is 0 Å². The summed E-state index contributed by atoms with van der Waals surface area (Å²) in [7, 11) is 0. The second-order valence-electron chi connectivity index (χ2n) is 5.40. The Labute approximate surface area is 153 Å². The molecule has 0 saturated heterocycles. The number of hydrogen-bond donors (Lipinski definition) is 1. The summed E-state index contributed by atoms with van der Waals surface area (Å²) < 4.78 is 19.7. The lowest BCUT2D eigenvalue weighted by molar-refractivity contribution is 0.0527. The third-order valence-electron chi connectivity index (χ3n) is 3.90. The normalized spacial score (nSPS) is 10.5. The van der Waals surface area contributed by atoms with Crippen molar-refractivity contribution < 1.29 is 13.9 Å². The van der Waals surface area contributed by atoms with Gasteiger partial charge in [-0.1, -0.05) is 23.7 Å². The minimum Gasteiger partial charge on any atom is -0.462 e. The van der Waals surface area contributed by atoms with Crippen molar-refractivity contribution in [3.05, 3.63) is 58.5 Å². The zero-order chi connectivity index (χ0) is 18.8. The van der Waals surface area contributed by atoms with Crippen molar-refractivity contribution in [2.75, 3.05) is 12.3 Å². The van der Waals surface area contributed by atoms with E-state index in [1.807, 2.05) is 0 Å². The molecule has 2 aromatic carbocycles. The summed E-state index contributed by atoms with van der Waals surface area (Å²) in [5, 5.41) is 10.4. The van der Waals surface area contributed by atoms with Crippen molar-refractivity contribution >= 4 is 34.0 Å². The van der Waals surface area contributed by atoms with Crippen LogP contribution in [0.1, 0.15) is 22.8 Å². The summed E-state index contributed by atoms with van der Waals surface area (Å²) in [6, 6.07) is 9.87. The Hall–Kier alpha value is -3.17. The SMILES string of the molecule is CCOC(=O)c1cc(F)c(-c2nccc3cccc(C#N)c23)c(Cl)c1N. The fourth-order valence-electron chi connectivity index (χ4n) is 2.74. The van der Waals surface area contributed by atoms with Crippen molar-refractivity contribution in [3.8, 4) is 17.3 Å². The smallest absolute Gasteiger partial charge is 0.340 e. The lowest BCUT2D eigenvalue weighted by atomic mass is 9.98. The number of pyridine rings is 1. The van der Waals surface area contributed by atoms with Gasteiger partial charge in [0, 0.05) is 11.6 Å². The Morgan fingerprint density at radius 3 is 2.88 bits per heavy atom. The average Bonchev–Trinajstić information content (AvgIpc) is 2.64. The van der Waals surface area contributed by atoms with Crippen LogP contribution in [0.5, 0.6) is 0 Å². The van der Waals surface area contributed by atoms with Crippen LogP contribution in [0.25, 0.3) is 22.0 Å². The van der Waals surface area contributed by atoms with Crippen LogP contribution in [0.4, 0.5) is 10.1 Å². The molecule has 0 fully saturated rings. The molecule has 1 heterocycles. The molecular formula is C19H13ClFN3O2. The topological polar surface area (TPSA) is 89.0 Å². The Morgan fingerprint density at radius 2 is 2.19 bits per heavy atom. The van der Waals surface area contributed by atoms with Crippen LogP contribution < -0.4 is 5.73 Å². The minimum atomic E-state index is -0.778. The van der Waals surface area contributed by atoms with E-state index in [1.165, 1.54) is 6.20 Å². The van der Waals surface area contributed by atoms with E-state index in [0.29, 0.717) is 16.3 Å². The molecule has 0 aliphatic heterocycles. The molecule has 3 rings (SSSR count). The number of aromatic nitrogens is 1. The summed E-state index contributed by atoms with van der Waals surface area (Å²) in [6.07, 6.45) is 1.49. The van der Waals surface area contributed by atoms with Gasteiger partial charge in [0.25, 0.3) is 0 Å². The van der Waals surface area contributed by atoms with Gasteiger partial charge >= 0.3 is 5.97 Å². The van der Waals surface area contributed by atoms with Crippen LogP contribution in [0.2, 0.25) is 5.02 Å². The monoisotopic (exact) mass is 369 g/mol. The lowest BCUT2D eigenvalue weighted by Gasteiger charge is -2.14. The number of nitrogens with zero attached hydrogens (tertiary/aromatic N) is 2. The number of halogens is 2. The molecular weight excluding hydrogens is 357 g/mol. The van der Waals surface area contributed by atoms with Crippen molar-refractivity contribution in [1.29, 1.82) is 5.26 Å². The van der Waals surface area contributed by atoms with Gasteiger partial charge in [-0.25, -0.2) is 9.18 Å². The van der Waals surface area contributed by atoms with Gasteiger partial charge in [-0.05, 0) is 30.5 Å². The van der Waals surface area contributed by atoms with Crippen molar-refractivity contribution in [3.63, 3.8) is 0 Å². The van der Waals surface area contributed by atoms with Crippen molar-refractivity contribution in [2.45, 2.75) is 6.92 Å². The van der Waals surface area contributed by atoms with Crippen LogP contribution in [-0.2, 0) is 4.74 Å². The fourth-order valence-corrected chi connectivity index (χ4v) is 3.02. The lowest BCUT2D eigenvalue weighted by Crippen LogP contribution is -2.10. The van der Waals surface area contributed by atoms with Crippen molar-refractivity contribution in [2.24, 2.45) is 0 Å².